The van der Waals surface area contributed by atoms with Crippen LogP contribution < -0.4 is 0 Å². The maximum Gasteiger partial charge on any atom is 0.344 e. The standard InChI is InChI=1S/C12H12O6S/c13-9(10(14)15)12(18,11(16)17)8-6-4-2-1-3-5-7-19-8/h1-7,9,13,18H,(H,14,15)(H,16,17). The topological polar surface area (TPSA) is 115 Å². The largest absolute Gasteiger partial charge is 0.479 e. The van der Waals surface area contributed by atoms with Gasteiger partial charge in [-0.25, -0.2) is 9.59 Å². The Morgan fingerprint density at radius 2 is 1.68 bits per heavy atom. The van der Waals surface area contributed by atoms with Crippen LogP contribution in [0.1, 0.15) is 4.88 Å². The first-order valence-corrected chi connectivity index (χ1v) is 6.02. The number of aliphatic carboxylic acids is 2. The molecule has 0 aliphatic carbocycles. The van der Waals surface area contributed by atoms with E-state index in [2.05, 4.69) is 0 Å². The number of aliphatic hydroxyl groups excluding tert-OH is 1. The van der Waals surface area contributed by atoms with Crippen molar-refractivity contribution in [3.05, 3.63) is 46.7 Å². The molecule has 0 amide bonds. The molecule has 0 saturated heterocycles. The number of carboxylic acid groups (broad SMARTS) is 2. The predicted octanol–water partition coefficient (Wildman–Crippen LogP) is 0.590. The Bertz CT molecular complexity index is 500. The van der Waals surface area contributed by atoms with Crippen molar-refractivity contribution in [2.24, 2.45) is 0 Å². The van der Waals surface area contributed by atoms with E-state index in [9.17, 15) is 19.8 Å². The van der Waals surface area contributed by atoms with Crippen LogP contribution >= 0.6 is 11.3 Å². The fourth-order valence-corrected chi connectivity index (χ4v) is 2.14. The third kappa shape index (κ3) is 3.28. The maximum atomic E-state index is 11.2. The van der Waals surface area contributed by atoms with E-state index >= 15 is 0 Å². The second kappa shape index (κ2) is 6.28. The lowest BCUT2D eigenvalue weighted by Crippen LogP contribution is -2.50. The molecular formula is C12H12O6S. The van der Waals surface area contributed by atoms with Crippen LogP contribution in [0.4, 0.5) is 0 Å². The number of carboxylic acids is 2. The molecule has 0 aromatic carbocycles. The van der Waals surface area contributed by atoms with Crippen molar-refractivity contribution >= 4 is 23.3 Å². The molecule has 1 heterocycles. The van der Waals surface area contributed by atoms with E-state index in [-0.39, 0.29) is 4.88 Å². The Morgan fingerprint density at radius 1 is 1.11 bits per heavy atom. The van der Waals surface area contributed by atoms with Crippen LogP contribution in [0.5, 0.6) is 0 Å². The van der Waals surface area contributed by atoms with Crippen LogP contribution in [0.15, 0.2) is 41.8 Å². The van der Waals surface area contributed by atoms with E-state index < -0.39 is 23.6 Å². The summed E-state index contributed by atoms with van der Waals surface area (Å²) in [7, 11) is 0. The summed E-state index contributed by atoms with van der Waals surface area (Å²) in [6.45, 7) is 0. The van der Waals surface area contributed by atoms with Gasteiger partial charge in [0.05, 0.1) is 4.88 Å². The van der Waals surface area contributed by atoms with E-state index in [1.165, 1.54) is 17.5 Å². The Balaban J connectivity index is 3.48. The molecule has 102 valence electrons. The molecule has 2 unspecified atom stereocenters. The van der Waals surface area contributed by atoms with Crippen LogP contribution in [0.25, 0.3) is 0 Å². The summed E-state index contributed by atoms with van der Waals surface area (Å²) in [4.78, 5) is 21.7. The van der Waals surface area contributed by atoms with Crippen molar-refractivity contribution < 1.29 is 30.0 Å². The van der Waals surface area contributed by atoms with Crippen molar-refractivity contribution in [3.63, 3.8) is 0 Å². The minimum atomic E-state index is -2.91. The number of hydrogen-bond donors (Lipinski definition) is 4. The quantitative estimate of drug-likeness (QED) is 0.643. The van der Waals surface area contributed by atoms with Gasteiger partial charge in [-0.2, -0.15) is 0 Å². The Kier molecular flexibility index (Phi) is 4.99. The highest BCUT2D eigenvalue weighted by molar-refractivity contribution is 7.09. The van der Waals surface area contributed by atoms with Crippen LogP contribution in [0.3, 0.4) is 0 Å². The third-order valence-corrected chi connectivity index (χ3v) is 3.29. The van der Waals surface area contributed by atoms with Crippen LogP contribution in [0, 0.1) is 0 Å². The fourth-order valence-electron chi connectivity index (χ4n) is 1.29. The molecule has 2 atom stereocenters. The van der Waals surface area contributed by atoms with Gasteiger partial charge in [0, 0.05) is 0 Å². The minimum Gasteiger partial charge on any atom is -0.479 e. The fraction of sp³-hybridized carbons (Fsp3) is 0.167. The highest BCUT2D eigenvalue weighted by Crippen LogP contribution is 2.28. The molecule has 0 aliphatic rings. The zero-order valence-electron chi connectivity index (χ0n) is 9.63. The van der Waals surface area contributed by atoms with Gasteiger partial charge in [-0.05, 0) is 11.4 Å². The lowest BCUT2D eigenvalue weighted by atomic mass is 9.95. The number of aliphatic hydroxyl groups is 2. The van der Waals surface area contributed by atoms with Crippen LogP contribution in [-0.2, 0) is 15.2 Å². The first-order chi connectivity index (χ1) is 8.90. The molecule has 0 aliphatic heterocycles. The molecule has 0 fully saturated rings. The highest BCUT2D eigenvalue weighted by atomic mass is 32.1. The van der Waals surface area contributed by atoms with Crippen molar-refractivity contribution in [1.29, 1.82) is 0 Å². The number of hydrogen-bond acceptors (Lipinski definition) is 5. The minimum absolute atomic E-state index is 0.203. The zero-order chi connectivity index (χ0) is 14.5. The summed E-state index contributed by atoms with van der Waals surface area (Å²) >= 11 is 0.816. The van der Waals surface area contributed by atoms with Gasteiger partial charge >= 0.3 is 11.9 Å². The second-order valence-corrected chi connectivity index (χ2v) is 4.51. The smallest absolute Gasteiger partial charge is 0.344 e. The van der Waals surface area contributed by atoms with Crippen LogP contribution in [-0.4, -0.2) is 38.5 Å². The molecule has 7 heteroatoms. The first kappa shape index (κ1) is 15.1. The monoisotopic (exact) mass is 284 g/mol. The SMILES string of the molecule is O=C(O)C(O)C(O)(C(=O)O)c1cccccccs1. The Hall–Kier alpha value is -1.96. The van der Waals surface area contributed by atoms with E-state index in [4.69, 9.17) is 10.2 Å². The molecule has 0 bridgehead atoms. The summed E-state index contributed by atoms with van der Waals surface area (Å²) in [5.74, 6) is -3.66. The Labute approximate surface area is 112 Å². The third-order valence-electron chi connectivity index (χ3n) is 2.30. The van der Waals surface area contributed by atoms with E-state index in [0.29, 0.717) is 0 Å². The van der Waals surface area contributed by atoms with Crippen LogP contribution in [0.2, 0.25) is 0 Å². The molecule has 0 radical (unpaired) electrons. The van der Waals surface area contributed by atoms with Crippen molar-refractivity contribution in [1.82, 2.24) is 0 Å². The summed E-state index contributed by atoms with van der Waals surface area (Å²) in [6.07, 6.45) is -2.47. The molecule has 0 spiro atoms. The predicted molar refractivity (Wildman–Crippen MR) is 67.1 cm³/mol. The summed E-state index contributed by atoms with van der Waals surface area (Å²) in [5, 5.41) is 38.7. The highest BCUT2D eigenvalue weighted by Gasteiger charge is 2.50. The first-order valence-electron chi connectivity index (χ1n) is 5.14. The Morgan fingerprint density at radius 3 is 2.26 bits per heavy atom. The molecule has 4 N–H and O–H groups in total. The average Bonchev–Trinajstić information content (AvgIpc) is 2.49. The average molecular weight is 284 g/mol. The molecule has 0 saturated carbocycles. The van der Waals surface area contributed by atoms with Gasteiger partial charge in [0.25, 0.3) is 0 Å². The summed E-state index contributed by atoms with van der Waals surface area (Å²) < 4.78 is 0. The van der Waals surface area contributed by atoms with Gasteiger partial charge in [0.2, 0.25) is 5.60 Å². The molecule has 6 nitrogen and oxygen atoms in total. The molecular weight excluding hydrogens is 272 g/mol. The normalized spacial score (nSPS) is 14.8. The van der Waals surface area contributed by atoms with Gasteiger partial charge in [0.15, 0.2) is 6.10 Å². The van der Waals surface area contributed by atoms with E-state index in [1.807, 2.05) is 0 Å². The number of carbonyl (C=O) groups is 2. The summed E-state index contributed by atoms with van der Waals surface area (Å²) in [6, 6.07) is 9.19. The number of rotatable bonds is 4. The van der Waals surface area contributed by atoms with Crippen molar-refractivity contribution in [2.45, 2.75) is 11.7 Å². The van der Waals surface area contributed by atoms with Gasteiger partial charge < -0.3 is 20.4 Å². The van der Waals surface area contributed by atoms with E-state index in [0.717, 1.165) is 11.3 Å². The summed E-state index contributed by atoms with van der Waals surface area (Å²) in [5.41, 5.74) is -2.91. The van der Waals surface area contributed by atoms with Gasteiger partial charge in [-0.3, -0.25) is 0 Å². The van der Waals surface area contributed by atoms with E-state index in [1.54, 1.807) is 24.3 Å². The van der Waals surface area contributed by atoms with Crippen molar-refractivity contribution in [3.8, 4) is 0 Å². The van der Waals surface area contributed by atoms with Crippen molar-refractivity contribution in [2.75, 3.05) is 0 Å². The maximum absolute atomic E-state index is 11.2. The second-order valence-electron chi connectivity index (χ2n) is 3.56. The lowest BCUT2D eigenvalue weighted by Gasteiger charge is -2.25. The lowest BCUT2D eigenvalue weighted by molar-refractivity contribution is -0.184. The van der Waals surface area contributed by atoms with Gasteiger partial charge in [-0.15, -0.1) is 11.3 Å². The molecule has 1 aromatic rings. The zero-order valence-corrected chi connectivity index (χ0v) is 10.4. The molecule has 1 rings (SSSR count). The van der Waals surface area contributed by atoms with Gasteiger partial charge in [0.1, 0.15) is 0 Å². The van der Waals surface area contributed by atoms with Gasteiger partial charge in [-0.1, -0.05) is 30.3 Å². The molecule has 1 aromatic heterocycles. The molecule has 19 heavy (non-hydrogen) atoms.